The number of aryl methyl sites for hydroxylation is 2. The molecule has 0 saturated carbocycles. The standard InChI is InChI=1S/C20H19N3O4S/c1-2-27-19(26)12-7-9-13(10-8-12)22-17(24)14-11-21-20-23(18(14)25)15-5-3-4-6-16(15)28-20/h7-11H,2-6H2,1H3,(H,22,24). The molecule has 1 aliphatic rings. The van der Waals surface area contributed by atoms with E-state index in [1.807, 2.05) is 0 Å². The van der Waals surface area contributed by atoms with Crippen LogP contribution in [0.2, 0.25) is 0 Å². The minimum absolute atomic E-state index is 0.00172. The lowest BCUT2D eigenvalue weighted by atomic mass is 10.0. The van der Waals surface area contributed by atoms with Crippen LogP contribution in [0.1, 0.15) is 51.1 Å². The number of aromatic nitrogens is 2. The molecule has 3 aromatic rings. The van der Waals surface area contributed by atoms with Crippen molar-refractivity contribution in [1.29, 1.82) is 0 Å². The highest BCUT2D eigenvalue weighted by atomic mass is 32.1. The van der Waals surface area contributed by atoms with Gasteiger partial charge in [0.05, 0.1) is 12.2 Å². The van der Waals surface area contributed by atoms with Gasteiger partial charge in [-0.1, -0.05) is 0 Å². The minimum atomic E-state index is -0.522. The number of rotatable bonds is 4. The Labute approximate surface area is 165 Å². The Hall–Kier alpha value is -3.00. The number of carbonyl (C=O) groups excluding carboxylic acids is 2. The number of nitrogens with zero attached hydrogens (tertiary/aromatic N) is 2. The molecule has 0 radical (unpaired) electrons. The van der Waals surface area contributed by atoms with Crippen LogP contribution in [0.5, 0.6) is 0 Å². The van der Waals surface area contributed by atoms with Crippen LogP contribution in [0.4, 0.5) is 5.69 Å². The van der Waals surface area contributed by atoms with E-state index in [9.17, 15) is 14.4 Å². The summed E-state index contributed by atoms with van der Waals surface area (Å²) in [4.78, 5) is 43.4. The molecule has 1 aromatic carbocycles. The van der Waals surface area contributed by atoms with Crippen molar-refractivity contribution >= 4 is 33.9 Å². The molecule has 4 rings (SSSR count). The highest BCUT2D eigenvalue weighted by Gasteiger charge is 2.21. The average Bonchev–Trinajstić information content (AvgIpc) is 3.08. The lowest BCUT2D eigenvalue weighted by Gasteiger charge is -2.10. The van der Waals surface area contributed by atoms with Crippen molar-refractivity contribution in [2.45, 2.75) is 32.6 Å². The van der Waals surface area contributed by atoms with E-state index < -0.39 is 11.9 Å². The number of nitrogens with one attached hydrogen (secondary N) is 1. The molecular formula is C20H19N3O4S. The zero-order valence-electron chi connectivity index (χ0n) is 15.4. The van der Waals surface area contributed by atoms with Gasteiger partial charge >= 0.3 is 5.97 Å². The number of anilines is 1. The molecule has 0 saturated heterocycles. The van der Waals surface area contributed by atoms with E-state index in [2.05, 4.69) is 10.3 Å². The summed E-state index contributed by atoms with van der Waals surface area (Å²) in [6.07, 6.45) is 5.27. The number of thiazole rings is 1. The molecule has 1 aliphatic carbocycles. The third kappa shape index (κ3) is 3.31. The van der Waals surface area contributed by atoms with Crippen molar-refractivity contribution in [3.8, 4) is 0 Å². The molecule has 7 nitrogen and oxygen atoms in total. The van der Waals surface area contributed by atoms with Gasteiger partial charge in [-0.25, -0.2) is 9.78 Å². The second kappa shape index (κ2) is 7.55. The molecule has 0 aliphatic heterocycles. The van der Waals surface area contributed by atoms with Gasteiger partial charge in [-0.15, -0.1) is 11.3 Å². The predicted molar refractivity (Wildman–Crippen MR) is 106 cm³/mol. The first-order valence-corrected chi connectivity index (χ1v) is 10.0. The lowest BCUT2D eigenvalue weighted by molar-refractivity contribution is 0.0526. The van der Waals surface area contributed by atoms with Gasteiger partial charge in [0, 0.05) is 22.5 Å². The molecule has 1 N–H and O–H groups in total. The molecular weight excluding hydrogens is 378 g/mol. The summed E-state index contributed by atoms with van der Waals surface area (Å²) in [5.74, 6) is -0.943. The van der Waals surface area contributed by atoms with Crippen molar-refractivity contribution < 1.29 is 14.3 Å². The molecule has 0 unspecified atom stereocenters. The third-order valence-electron chi connectivity index (χ3n) is 4.70. The molecule has 0 atom stereocenters. The van der Waals surface area contributed by atoms with Crippen molar-refractivity contribution in [2.24, 2.45) is 0 Å². The van der Waals surface area contributed by atoms with E-state index in [0.717, 1.165) is 31.4 Å². The van der Waals surface area contributed by atoms with Crippen molar-refractivity contribution in [1.82, 2.24) is 9.38 Å². The summed E-state index contributed by atoms with van der Waals surface area (Å²) in [5, 5.41) is 2.69. The molecule has 0 spiro atoms. The Morgan fingerprint density at radius 3 is 2.71 bits per heavy atom. The maximum absolute atomic E-state index is 12.9. The van der Waals surface area contributed by atoms with E-state index >= 15 is 0 Å². The molecule has 28 heavy (non-hydrogen) atoms. The van der Waals surface area contributed by atoms with Gasteiger partial charge in [-0.05, 0) is 56.9 Å². The monoisotopic (exact) mass is 397 g/mol. The Morgan fingerprint density at radius 2 is 1.96 bits per heavy atom. The van der Waals surface area contributed by atoms with Gasteiger partial charge in [0.25, 0.3) is 11.5 Å². The number of esters is 1. The number of amides is 1. The van der Waals surface area contributed by atoms with Gasteiger partial charge in [0.1, 0.15) is 5.56 Å². The van der Waals surface area contributed by atoms with Crippen LogP contribution in [0, 0.1) is 0 Å². The summed E-state index contributed by atoms with van der Waals surface area (Å²) in [6.45, 7) is 2.03. The molecule has 0 bridgehead atoms. The molecule has 144 valence electrons. The first kappa shape index (κ1) is 18.4. The van der Waals surface area contributed by atoms with E-state index in [1.165, 1.54) is 22.4 Å². The second-order valence-corrected chi connectivity index (χ2v) is 7.59. The van der Waals surface area contributed by atoms with Gasteiger partial charge in [-0.3, -0.25) is 14.0 Å². The van der Waals surface area contributed by atoms with E-state index in [0.29, 0.717) is 22.8 Å². The van der Waals surface area contributed by atoms with E-state index in [-0.39, 0.29) is 11.1 Å². The normalized spacial score (nSPS) is 13.2. The van der Waals surface area contributed by atoms with Crippen LogP contribution in [0.15, 0.2) is 35.3 Å². The fraction of sp³-hybridized carbons (Fsp3) is 0.300. The number of hydrogen-bond acceptors (Lipinski definition) is 6. The Kier molecular flexibility index (Phi) is 4.95. The van der Waals surface area contributed by atoms with Crippen molar-refractivity contribution in [3.63, 3.8) is 0 Å². The summed E-state index contributed by atoms with van der Waals surface area (Å²) in [6, 6.07) is 6.33. The molecule has 8 heteroatoms. The van der Waals surface area contributed by atoms with Crippen molar-refractivity contribution in [3.05, 3.63) is 62.5 Å². The Morgan fingerprint density at radius 1 is 1.21 bits per heavy atom. The fourth-order valence-corrected chi connectivity index (χ4v) is 4.49. The van der Waals surface area contributed by atoms with Gasteiger partial charge < -0.3 is 10.1 Å². The number of hydrogen-bond donors (Lipinski definition) is 1. The predicted octanol–water partition coefficient (Wildman–Crippen LogP) is 3.06. The van der Waals surface area contributed by atoms with Crippen LogP contribution in [-0.4, -0.2) is 27.9 Å². The highest BCUT2D eigenvalue weighted by Crippen LogP contribution is 2.28. The van der Waals surface area contributed by atoms with Gasteiger partial charge in [-0.2, -0.15) is 0 Å². The molecule has 0 fully saturated rings. The minimum Gasteiger partial charge on any atom is -0.462 e. The summed E-state index contributed by atoms with van der Waals surface area (Å²) in [7, 11) is 0. The molecule has 2 heterocycles. The van der Waals surface area contributed by atoms with Crippen molar-refractivity contribution in [2.75, 3.05) is 11.9 Å². The number of ether oxygens (including phenoxy) is 1. The first-order chi connectivity index (χ1) is 13.6. The largest absolute Gasteiger partial charge is 0.462 e. The summed E-state index contributed by atoms with van der Waals surface area (Å²) < 4.78 is 6.52. The highest BCUT2D eigenvalue weighted by molar-refractivity contribution is 7.17. The quantitative estimate of drug-likeness (QED) is 0.684. The summed E-state index contributed by atoms with van der Waals surface area (Å²) in [5.41, 5.74) is 1.52. The maximum Gasteiger partial charge on any atom is 0.338 e. The SMILES string of the molecule is CCOC(=O)c1ccc(NC(=O)c2cnc3sc4c(n3c2=O)CCCC4)cc1. The Balaban J connectivity index is 1.60. The zero-order valence-corrected chi connectivity index (χ0v) is 16.2. The third-order valence-corrected chi connectivity index (χ3v) is 5.86. The smallest absolute Gasteiger partial charge is 0.338 e. The number of carbonyl (C=O) groups is 2. The van der Waals surface area contributed by atoms with Crippen LogP contribution in [0.3, 0.4) is 0 Å². The average molecular weight is 397 g/mol. The first-order valence-electron chi connectivity index (χ1n) is 9.19. The van der Waals surface area contributed by atoms with E-state index in [1.54, 1.807) is 35.6 Å². The Bertz CT molecular complexity index is 1110. The zero-order chi connectivity index (χ0) is 19.7. The van der Waals surface area contributed by atoms with Crippen LogP contribution >= 0.6 is 11.3 Å². The van der Waals surface area contributed by atoms with E-state index in [4.69, 9.17) is 4.74 Å². The fourth-order valence-electron chi connectivity index (χ4n) is 3.33. The molecule has 2 aromatic heterocycles. The second-order valence-electron chi connectivity index (χ2n) is 6.53. The van der Waals surface area contributed by atoms with Gasteiger partial charge in [0.15, 0.2) is 4.96 Å². The maximum atomic E-state index is 12.9. The van der Waals surface area contributed by atoms with Gasteiger partial charge in [0.2, 0.25) is 0 Å². The topological polar surface area (TPSA) is 89.8 Å². The van der Waals surface area contributed by atoms with Crippen LogP contribution in [0.25, 0.3) is 4.96 Å². The summed E-state index contributed by atoms with van der Waals surface area (Å²) >= 11 is 1.52. The van der Waals surface area contributed by atoms with Crippen LogP contribution in [-0.2, 0) is 17.6 Å². The lowest BCUT2D eigenvalue weighted by Crippen LogP contribution is -2.27. The van der Waals surface area contributed by atoms with Crippen LogP contribution < -0.4 is 10.9 Å². The number of benzene rings is 1. The number of fused-ring (bicyclic) bond motifs is 3. The molecule has 1 amide bonds.